The van der Waals surface area contributed by atoms with Crippen molar-refractivity contribution in [2.75, 3.05) is 12.4 Å². The maximum atomic E-state index is 9.07. The molecule has 0 unspecified atom stereocenters. The van der Waals surface area contributed by atoms with Crippen molar-refractivity contribution in [1.29, 1.82) is 5.26 Å². The number of para-hydroxylation sites is 1. The van der Waals surface area contributed by atoms with Gasteiger partial charge in [-0.05, 0) is 29.8 Å². The van der Waals surface area contributed by atoms with Gasteiger partial charge in [0.25, 0.3) is 0 Å². The van der Waals surface area contributed by atoms with E-state index in [1.807, 2.05) is 36.4 Å². The van der Waals surface area contributed by atoms with Crippen molar-refractivity contribution in [2.24, 2.45) is 0 Å². The smallest absolute Gasteiger partial charge is 0.201 e. The quantitative estimate of drug-likeness (QED) is 0.769. The van der Waals surface area contributed by atoms with Gasteiger partial charge in [-0.3, -0.25) is 0 Å². The number of imidazole rings is 1. The average Bonchev–Trinajstić information content (AvgIpc) is 2.96. The lowest BCUT2D eigenvalue weighted by atomic mass is 10.2. The topological polar surface area (TPSA) is 73.7 Å². The van der Waals surface area contributed by atoms with Crippen LogP contribution in [0.2, 0.25) is 0 Å². The number of rotatable bonds is 4. The number of aromatic amines is 1. The predicted molar refractivity (Wildman–Crippen MR) is 81.1 cm³/mol. The second-order valence-electron chi connectivity index (χ2n) is 4.60. The molecule has 1 aromatic heterocycles. The van der Waals surface area contributed by atoms with E-state index in [0.717, 1.165) is 16.8 Å². The summed E-state index contributed by atoms with van der Waals surface area (Å²) in [6, 6.07) is 15.5. The first-order chi connectivity index (χ1) is 10.3. The van der Waals surface area contributed by atoms with Gasteiger partial charge in [-0.2, -0.15) is 5.26 Å². The van der Waals surface area contributed by atoms with E-state index < -0.39 is 0 Å². The molecule has 21 heavy (non-hydrogen) atoms. The van der Waals surface area contributed by atoms with Crippen LogP contribution in [-0.4, -0.2) is 17.1 Å². The highest BCUT2D eigenvalue weighted by Crippen LogP contribution is 2.18. The molecule has 3 aromatic rings. The first kappa shape index (κ1) is 13.0. The Morgan fingerprint density at radius 2 is 2.05 bits per heavy atom. The van der Waals surface area contributed by atoms with E-state index in [2.05, 4.69) is 21.4 Å². The number of nitrogens with zero attached hydrogens (tertiary/aromatic N) is 2. The number of fused-ring (bicyclic) bond motifs is 1. The van der Waals surface area contributed by atoms with Gasteiger partial charge in [0.2, 0.25) is 5.95 Å². The molecule has 0 amide bonds. The van der Waals surface area contributed by atoms with Gasteiger partial charge in [0, 0.05) is 6.54 Å². The van der Waals surface area contributed by atoms with Crippen molar-refractivity contribution in [1.82, 2.24) is 9.97 Å². The van der Waals surface area contributed by atoms with Gasteiger partial charge in [0.05, 0.1) is 18.2 Å². The summed E-state index contributed by atoms with van der Waals surface area (Å²) >= 11 is 0. The third-order valence-electron chi connectivity index (χ3n) is 3.25. The SMILES string of the molecule is COc1ccc(CNc2nc3c(C#N)cccc3[nH]2)cc1. The van der Waals surface area contributed by atoms with Crippen molar-refractivity contribution in [3.8, 4) is 11.8 Å². The highest BCUT2D eigenvalue weighted by Gasteiger charge is 2.06. The van der Waals surface area contributed by atoms with Crippen molar-refractivity contribution in [3.63, 3.8) is 0 Å². The van der Waals surface area contributed by atoms with E-state index in [1.54, 1.807) is 13.2 Å². The number of nitriles is 1. The summed E-state index contributed by atoms with van der Waals surface area (Å²) < 4.78 is 5.13. The Morgan fingerprint density at radius 1 is 1.24 bits per heavy atom. The number of aromatic nitrogens is 2. The average molecular weight is 278 g/mol. The van der Waals surface area contributed by atoms with Crippen LogP contribution >= 0.6 is 0 Å². The summed E-state index contributed by atoms with van der Waals surface area (Å²) in [4.78, 5) is 7.58. The van der Waals surface area contributed by atoms with E-state index >= 15 is 0 Å². The molecular weight excluding hydrogens is 264 g/mol. The summed E-state index contributed by atoms with van der Waals surface area (Å²) in [5.74, 6) is 1.49. The molecule has 5 heteroatoms. The molecule has 5 nitrogen and oxygen atoms in total. The first-order valence-electron chi connectivity index (χ1n) is 6.56. The van der Waals surface area contributed by atoms with E-state index in [1.165, 1.54) is 0 Å². The second-order valence-corrected chi connectivity index (χ2v) is 4.60. The number of benzene rings is 2. The fourth-order valence-electron chi connectivity index (χ4n) is 2.14. The number of nitrogens with one attached hydrogen (secondary N) is 2. The highest BCUT2D eigenvalue weighted by molar-refractivity contribution is 5.83. The zero-order valence-electron chi connectivity index (χ0n) is 11.6. The van der Waals surface area contributed by atoms with Crippen molar-refractivity contribution in [3.05, 3.63) is 53.6 Å². The minimum atomic E-state index is 0.571. The summed E-state index contributed by atoms with van der Waals surface area (Å²) in [7, 11) is 1.65. The molecule has 0 aliphatic carbocycles. The minimum absolute atomic E-state index is 0.571. The molecule has 1 heterocycles. The Bertz CT molecular complexity index is 799. The summed E-state index contributed by atoms with van der Waals surface area (Å²) in [5.41, 5.74) is 3.24. The van der Waals surface area contributed by atoms with E-state index in [-0.39, 0.29) is 0 Å². The molecule has 2 N–H and O–H groups in total. The van der Waals surface area contributed by atoms with E-state index in [9.17, 15) is 0 Å². The molecule has 104 valence electrons. The van der Waals surface area contributed by atoms with Gasteiger partial charge in [-0.1, -0.05) is 18.2 Å². The molecule has 0 radical (unpaired) electrons. The molecule has 0 aliphatic rings. The van der Waals surface area contributed by atoms with Gasteiger partial charge >= 0.3 is 0 Å². The number of H-pyrrole nitrogens is 1. The van der Waals surface area contributed by atoms with Gasteiger partial charge in [0.1, 0.15) is 17.3 Å². The zero-order chi connectivity index (χ0) is 14.7. The maximum absolute atomic E-state index is 9.07. The number of methoxy groups -OCH3 is 1. The van der Waals surface area contributed by atoms with Crippen LogP contribution in [0.5, 0.6) is 5.75 Å². The van der Waals surface area contributed by atoms with Crippen molar-refractivity contribution in [2.45, 2.75) is 6.54 Å². The lowest BCUT2D eigenvalue weighted by molar-refractivity contribution is 0.414. The molecule has 3 rings (SSSR count). The summed E-state index contributed by atoms with van der Waals surface area (Å²) in [6.07, 6.45) is 0. The van der Waals surface area contributed by atoms with Gasteiger partial charge < -0.3 is 15.0 Å². The van der Waals surface area contributed by atoms with Gasteiger partial charge in [0.15, 0.2) is 0 Å². The Labute approximate surface area is 122 Å². The van der Waals surface area contributed by atoms with Crippen LogP contribution in [0.3, 0.4) is 0 Å². The lowest BCUT2D eigenvalue weighted by Crippen LogP contribution is -2.00. The monoisotopic (exact) mass is 278 g/mol. The van der Waals surface area contributed by atoms with E-state index in [4.69, 9.17) is 10.00 Å². The molecular formula is C16H14N4O. The van der Waals surface area contributed by atoms with Crippen LogP contribution in [0.1, 0.15) is 11.1 Å². The van der Waals surface area contributed by atoms with Crippen LogP contribution in [0.25, 0.3) is 11.0 Å². The Morgan fingerprint density at radius 3 is 2.76 bits per heavy atom. The number of hydrogen-bond donors (Lipinski definition) is 2. The van der Waals surface area contributed by atoms with Gasteiger partial charge in [-0.25, -0.2) is 4.98 Å². The Kier molecular flexibility index (Phi) is 3.44. The Hall–Kier alpha value is -3.00. The number of ether oxygens (including phenoxy) is 1. The lowest BCUT2D eigenvalue weighted by Gasteiger charge is -2.04. The largest absolute Gasteiger partial charge is 0.497 e. The standard InChI is InChI=1S/C16H14N4O/c1-21-13-7-5-11(6-8-13)10-18-16-19-14-4-2-3-12(9-17)15(14)20-16/h2-8H,10H2,1H3,(H2,18,19,20). The zero-order valence-corrected chi connectivity index (χ0v) is 11.6. The Balaban J connectivity index is 1.77. The molecule has 0 bridgehead atoms. The summed E-state index contributed by atoms with van der Waals surface area (Å²) in [5, 5.41) is 12.3. The fourth-order valence-corrected chi connectivity index (χ4v) is 2.14. The van der Waals surface area contributed by atoms with Crippen molar-refractivity contribution >= 4 is 17.0 Å². The summed E-state index contributed by atoms with van der Waals surface area (Å²) in [6.45, 7) is 0.645. The van der Waals surface area contributed by atoms with Crippen LogP contribution in [0, 0.1) is 11.3 Å². The van der Waals surface area contributed by atoms with Gasteiger partial charge in [-0.15, -0.1) is 0 Å². The van der Waals surface area contributed by atoms with Crippen LogP contribution < -0.4 is 10.1 Å². The minimum Gasteiger partial charge on any atom is -0.497 e. The second kappa shape index (κ2) is 5.55. The molecule has 0 atom stereocenters. The molecule has 0 aliphatic heterocycles. The van der Waals surface area contributed by atoms with Crippen molar-refractivity contribution < 1.29 is 4.74 Å². The first-order valence-corrected chi connectivity index (χ1v) is 6.56. The van der Waals surface area contributed by atoms with Crippen LogP contribution in [0.4, 0.5) is 5.95 Å². The fraction of sp³-hybridized carbons (Fsp3) is 0.125. The molecule has 0 saturated carbocycles. The maximum Gasteiger partial charge on any atom is 0.201 e. The highest BCUT2D eigenvalue weighted by atomic mass is 16.5. The number of anilines is 1. The predicted octanol–water partition coefficient (Wildman–Crippen LogP) is 3.06. The molecule has 2 aromatic carbocycles. The normalized spacial score (nSPS) is 10.3. The third-order valence-corrected chi connectivity index (χ3v) is 3.25. The number of hydrogen-bond acceptors (Lipinski definition) is 4. The van der Waals surface area contributed by atoms with E-state index in [0.29, 0.717) is 23.6 Å². The molecule has 0 saturated heterocycles. The van der Waals surface area contributed by atoms with Crippen LogP contribution in [-0.2, 0) is 6.54 Å². The molecule has 0 spiro atoms. The third kappa shape index (κ3) is 2.65. The van der Waals surface area contributed by atoms with Crippen LogP contribution in [0.15, 0.2) is 42.5 Å². The molecule has 0 fully saturated rings.